The summed E-state index contributed by atoms with van der Waals surface area (Å²) in [6, 6.07) is 0.250. The Balaban J connectivity index is 1.92. The van der Waals surface area contributed by atoms with Crippen LogP contribution in [0.3, 0.4) is 0 Å². The Bertz CT molecular complexity index is 367. The summed E-state index contributed by atoms with van der Waals surface area (Å²) in [6.45, 7) is 2.99. The van der Waals surface area contributed by atoms with Crippen LogP contribution in [-0.4, -0.2) is 28.5 Å². The van der Waals surface area contributed by atoms with Crippen LogP contribution in [0.25, 0.3) is 0 Å². The maximum Gasteiger partial charge on any atom is 0.0694 e. The fraction of sp³-hybridized carbons (Fsp3) is 0.769. The lowest BCUT2D eigenvalue weighted by Gasteiger charge is -2.42. The number of nitrogens with two attached hydrogens (primary N) is 1. The number of aryl methyl sites for hydroxylation is 1. The largest absolute Gasteiger partial charge is 0.378 e. The molecule has 5 heteroatoms. The lowest BCUT2D eigenvalue weighted by atomic mass is 9.75. The fourth-order valence-electron chi connectivity index (χ4n) is 2.67. The van der Waals surface area contributed by atoms with Crippen LogP contribution in [-0.2, 0) is 17.7 Å². The highest BCUT2D eigenvalue weighted by molar-refractivity contribution is 5.07. The Morgan fingerprint density at radius 1 is 1.61 bits per heavy atom. The van der Waals surface area contributed by atoms with E-state index in [1.807, 2.05) is 18.0 Å². The molecule has 0 aromatic carbocycles. The molecule has 18 heavy (non-hydrogen) atoms. The number of hydrogen-bond acceptors (Lipinski definition) is 4. The van der Waals surface area contributed by atoms with E-state index in [1.54, 1.807) is 0 Å². The van der Waals surface area contributed by atoms with Gasteiger partial charge >= 0.3 is 0 Å². The van der Waals surface area contributed by atoms with Gasteiger partial charge < -0.3 is 4.74 Å². The summed E-state index contributed by atoms with van der Waals surface area (Å²) in [5, 5.41) is 4.29. The molecule has 102 valence electrons. The summed E-state index contributed by atoms with van der Waals surface area (Å²) in [5.41, 5.74) is 4.20. The van der Waals surface area contributed by atoms with Gasteiger partial charge in [0.05, 0.1) is 11.8 Å². The number of ether oxygens (including phenoxy) is 1. The number of nitrogens with zero attached hydrogens (tertiary/aromatic N) is 2. The van der Waals surface area contributed by atoms with Crippen LogP contribution in [0.4, 0.5) is 0 Å². The summed E-state index contributed by atoms with van der Waals surface area (Å²) >= 11 is 0. The minimum atomic E-state index is 0.0534. The zero-order chi connectivity index (χ0) is 13.0. The first-order valence-corrected chi connectivity index (χ1v) is 6.74. The van der Waals surface area contributed by atoms with Crippen molar-refractivity contribution < 1.29 is 4.74 Å². The SMILES string of the molecule is CCn1cc(CC(CC2(OC)CCC2)NN)cn1. The maximum atomic E-state index is 5.67. The van der Waals surface area contributed by atoms with Crippen molar-refractivity contribution >= 4 is 0 Å². The summed E-state index contributed by atoms with van der Waals surface area (Å²) in [7, 11) is 1.81. The molecule has 2 rings (SSSR count). The molecule has 1 unspecified atom stereocenters. The summed E-state index contributed by atoms with van der Waals surface area (Å²) in [5.74, 6) is 5.67. The number of nitrogens with one attached hydrogen (secondary N) is 1. The number of hydrogen-bond donors (Lipinski definition) is 2. The van der Waals surface area contributed by atoms with Crippen molar-refractivity contribution in [3.8, 4) is 0 Å². The van der Waals surface area contributed by atoms with Gasteiger partial charge in [0.25, 0.3) is 0 Å². The zero-order valence-electron chi connectivity index (χ0n) is 11.4. The molecule has 1 aliphatic carbocycles. The highest BCUT2D eigenvalue weighted by atomic mass is 16.5. The molecule has 0 spiro atoms. The third-order valence-electron chi connectivity index (χ3n) is 4.04. The van der Waals surface area contributed by atoms with Crippen molar-refractivity contribution in [2.75, 3.05) is 7.11 Å². The van der Waals surface area contributed by atoms with Crippen LogP contribution in [0.5, 0.6) is 0 Å². The Morgan fingerprint density at radius 2 is 2.39 bits per heavy atom. The molecule has 1 heterocycles. The minimum absolute atomic E-state index is 0.0534. The summed E-state index contributed by atoms with van der Waals surface area (Å²) < 4.78 is 7.60. The van der Waals surface area contributed by atoms with Crippen molar-refractivity contribution in [2.45, 2.75) is 57.2 Å². The first kappa shape index (κ1) is 13.5. The molecule has 1 saturated carbocycles. The van der Waals surface area contributed by atoms with Gasteiger partial charge in [0, 0.05) is 25.9 Å². The number of aromatic nitrogens is 2. The van der Waals surface area contributed by atoms with Gasteiger partial charge in [-0.15, -0.1) is 0 Å². The van der Waals surface area contributed by atoms with Crippen LogP contribution in [0.1, 0.15) is 38.2 Å². The van der Waals surface area contributed by atoms with Gasteiger partial charge in [-0.25, -0.2) is 0 Å². The van der Waals surface area contributed by atoms with E-state index in [4.69, 9.17) is 10.6 Å². The van der Waals surface area contributed by atoms with Crippen molar-refractivity contribution in [1.82, 2.24) is 15.2 Å². The van der Waals surface area contributed by atoms with Gasteiger partial charge in [0.1, 0.15) is 0 Å². The Labute approximate surface area is 109 Å². The second-order valence-electron chi connectivity index (χ2n) is 5.22. The average Bonchev–Trinajstić information content (AvgIpc) is 2.80. The molecule has 0 aliphatic heterocycles. The van der Waals surface area contributed by atoms with E-state index in [9.17, 15) is 0 Å². The van der Waals surface area contributed by atoms with E-state index >= 15 is 0 Å². The number of methoxy groups -OCH3 is 1. The van der Waals surface area contributed by atoms with Gasteiger partial charge in [0.15, 0.2) is 0 Å². The van der Waals surface area contributed by atoms with E-state index < -0.39 is 0 Å². The first-order chi connectivity index (χ1) is 8.71. The van der Waals surface area contributed by atoms with Crippen LogP contribution >= 0.6 is 0 Å². The lowest BCUT2D eigenvalue weighted by molar-refractivity contribution is -0.0834. The van der Waals surface area contributed by atoms with Gasteiger partial charge in [0.2, 0.25) is 0 Å². The number of rotatable bonds is 7. The van der Waals surface area contributed by atoms with E-state index in [-0.39, 0.29) is 11.6 Å². The fourth-order valence-corrected chi connectivity index (χ4v) is 2.67. The molecule has 1 aromatic heterocycles. The molecule has 0 radical (unpaired) electrons. The average molecular weight is 252 g/mol. The molecule has 3 N–H and O–H groups in total. The molecule has 0 bridgehead atoms. The molecular weight excluding hydrogens is 228 g/mol. The van der Waals surface area contributed by atoms with Crippen LogP contribution in [0.15, 0.2) is 12.4 Å². The van der Waals surface area contributed by atoms with Crippen LogP contribution in [0, 0.1) is 0 Å². The van der Waals surface area contributed by atoms with Crippen LogP contribution < -0.4 is 11.3 Å². The van der Waals surface area contributed by atoms with Crippen molar-refractivity contribution in [2.24, 2.45) is 5.84 Å². The van der Waals surface area contributed by atoms with E-state index in [2.05, 4.69) is 23.6 Å². The van der Waals surface area contributed by atoms with Crippen LogP contribution in [0.2, 0.25) is 0 Å². The van der Waals surface area contributed by atoms with Crippen molar-refractivity contribution in [1.29, 1.82) is 0 Å². The quantitative estimate of drug-likeness (QED) is 0.566. The van der Waals surface area contributed by atoms with Gasteiger partial charge in [-0.3, -0.25) is 16.0 Å². The highest BCUT2D eigenvalue weighted by Gasteiger charge is 2.38. The number of hydrazine groups is 1. The molecule has 1 aromatic rings. The normalized spacial score (nSPS) is 19.5. The maximum absolute atomic E-state index is 5.67. The monoisotopic (exact) mass is 252 g/mol. The Hall–Kier alpha value is -0.910. The van der Waals surface area contributed by atoms with Crippen molar-refractivity contribution in [3.63, 3.8) is 0 Å². The molecule has 1 fully saturated rings. The van der Waals surface area contributed by atoms with E-state index in [0.29, 0.717) is 0 Å². The van der Waals surface area contributed by atoms with E-state index in [1.165, 1.54) is 12.0 Å². The zero-order valence-corrected chi connectivity index (χ0v) is 11.4. The minimum Gasteiger partial charge on any atom is -0.378 e. The Morgan fingerprint density at radius 3 is 2.83 bits per heavy atom. The standard InChI is InChI=1S/C13H24N4O/c1-3-17-10-11(9-15-17)7-12(16-14)8-13(18-2)5-4-6-13/h9-10,12,16H,3-8,14H2,1-2H3. The van der Waals surface area contributed by atoms with Gasteiger partial charge in [-0.2, -0.15) is 5.10 Å². The highest BCUT2D eigenvalue weighted by Crippen LogP contribution is 2.39. The van der Waals surface area contributed by atoms with Gasteiger partial charge in [-0.1, -0.05) is 0 Å². The Kier molecular flexibility index (Phi) is 4.37. The summed E-state index contributed by atoms with van der Waals surface area (Å²) in [4.78, 5) is 0. The third-order valence-corrected chi connectivity index (χ3v) is 4.04. The second-order valence-corrected chi connectivity index (χ2v) is 5.22. The predicted molar refractivity (Wildman–Crippen MR) is 70.9 cm³/mol. The summed E-state index contributed by atoms with van der Waals surface area (Å²) in [6.07, 6.45) is 9.45. The molecule has 0 amide bonds. The third kappa shape index (κ3) is 2.91. The van der Waals surface area contributed by atoms with Gasteiger partial charge in [-0.05, 0) is 44.6 Å². The molecule has 0 saturated heterocycles. The molecule has 5 nitrogen and oxygen atoms in total. The first-order valence-electron chi connectivity index (χ1n) is 6.74. The van der Waals surface area contributed by atoms with Crippen molar-refractivity contribution in [3.05, 3.63) is 18.0 Å². The smallest absolute Gasteiger partial charge is 0.0694 e. The predicted octanol–water partition coefficient (Wildman–Crippen LogP) is 1.24. The molecular formula is C13H24N4O. The second kappa shape index (κ2) is 5.82. The lowest BCUT2D eigenvalue weighted by Crippen LogP contribution is -2.48. The van der Waals surface area contributed by atoms with E-state index in [0.717, 1.165) is 32.2 Å². The topological polar surface area (TPSA) is 65.1 Å². The molecule has 1 aliphatic rings. The molecule has 1 atom stereocenters.